The molecule has 0 radical (unpaired) electrons. The van der Waals surface area contributed by atoms with Gasteiger partial charge in [-0.2, -0.15) is 0 Å². The van der Waals surface area contributed by atoms with Crippen molar-refractivity contribution in [3.63, 3.8) is 0 Å². The predicted molar refractivity (Wildman–Crippen MR) is 72.3 cm³/mol. The third-order valence-corrected chi connectivity index (χ3v) is 2.31. The fraction of sp³-hybridized carbons (Fsp3) is 0.923. The summed E-state index contributed by atoms with van der Waals surface area (Å²) in [6, 6.07) is -0.113. The summed E-state index contributed by atoms with van der Waals surface area (Å²) >= 11 is 0. The van der Waals surface area contributed by atoms with Gasteiger partial charge in [-0.05, 0) is 39.5 Å². The van der Waals surface area contributed by atoms with Crippen LogP contribution in [0.4, 0.5) is 4.79 Å². The molecule has 4 N–H and O–H groups in total. The molecule has 0 fully saturated rings. The molecule has 108 valence electrons. The van der Waals surface area contributed by atoms with Crippen molar-refractivity contribution >= 4 is 6.09 Å². The first-order chi connectivity index (χ1) is 8.14. The van der Waals surface area contributed by atoms with Crippen molar-refractivity contribution < 1.29 is 14.6 Å². The molecule has 5 nitrogen and oxygen atoms in total. The number of amides is 1. The molecule has 18 heavy (non-hydrogen) atoms. The molecule has 0 aliphatic rings. The number of aliphatic hydroxyl groups excluding tert-OH is 1. The summed E-state index contributed by atoms with van der Waals surface area (Å²) in [5.41, 5.74) is 4.87. The summed E-state index contributed by atoms with van der Waals surface area (Å²) in [7, 11) is 0. The summed E-state index contributed by atoms with van der Waals surface area (Å²) in [6.45, 7) is 9.79. The quantitative estimate of drug-likeness (QED) is 0.677. The molecule has 0 heterocycles. The van der Waals surface area contributed by atoms with Gasteiger partial charge < -0.3 is 20.9 Å². The van der Waals surface area contributed by atoms with Crippen LogP contribution >= 0.6 is 0 Å². The van der Waals surface area contributed by atoms with Crippen LogP contribution in [0.15, 0.2) is 0 Å². The van der Waals surface area contributed by atoms with Crippen molar-refractivity contribution in [2.24, 2.45) is 11.7 Å². The van der Waals surface area contributed by atoms with Gasteiger partial charge >= 0.3 is 6.09 Å². The van der Waals surface area contributed by atoms with Crippen molar-refractivity contribution in [2.45, 2.75) is 65.2 Å². The number of rotatable bonds is 6. The van der Waals surface area contributed by atoms with Gasteiger partial charge in [-0.15, -0.1) is 0 Å². The van der Waals surface area contributed by atoms with Crippen LogP contribution in [0.3, 0.4) is 0 Å². The van der Waals surface area contributed by atoms with Gasteiger partial charge in [0.05, 0.1) is 6.10 Å². The number of alkyl carbamates (subject to hydrolysis) is 1. The van der Waals surface area contributed by atoms with Gasteiger partial charge in [-0.3, -0.25) is 0 Å². The van der Waals surface area contributed by atoms with E-state index in [2.05, 4.69) is 19.2 Å². The summed E-state index contributed by atoms with van der Waals surface area (Å²) < 4.78 is 5.20. The molecular formula is C13H28N2O3. The molecular weight excluding hydrogens is 232 g/mol. The molecule has 2 atom stereocenters. The van der Waals surface area contributed by atoms with Crippen LogP contribution in [0.1, 0.15) is 47.5 Å². The Hall–Kier alpha value is -0.810. The second-order valence-electron chi connectivity index (χ2n) is 6.10. The Labute approximate surface area is 110 Å². The Morgan fingerprint density at radius 2 is 1.89 bits per heavy atom. The van der Waals surface area contributed by atoms with Gasteiger partial charge in [0.25, 0.3) is 0 Å². The minimum Gasteiger partial charge on any atom is -0.444 e. The van der Waals surface area contributed by atoms with Crippen molar-refractivity contribution in [1.29, 1.82) is 0 Å². The van der Waals surface area contributed by atoms with Gasteiger partial charge in [-0.25, -0.2) is 4.79 Å². The normalized spacial score (nSPS) is 15.3. The van der Waals surface area contributed by atoms with Gasteiger partial charge in [0.1, 0.15) is 5.60 Å². The van der Waals surface area contributed by atoms with Crippen LogP contribution in [0.25, 0.3) is 0 Å². The lowest BCUT2D eigenvalue weighted by atomic mass is 9.99. The second kappa shape index (κ2) is 7.59. The minimum absolute atomic E-state index is 0.113. The standard InChI is InChI=1S/C13H28N2O3/c1-9(2)6-10(7-11(16)8-14)15-12(17)18-13(3,4)5/h9-11,16H,6-8,14H2,1-5H3,(H,15,17)/t10-,11?/m0/s1. The van der Waals surface area contributed by atoms with Crippen LogP contribution in [-0.2, 0) is 4.74 Å². The highest BCUT2D eigenvalue weighted by atomic mass is 16.6. The maximum atomic E-state index is 11.7. The molecule has 0 bridgehead atoms. The lowest BCUT2D eigenvalue weighted by molar-refractivity contribution is 0.0477. The number of carbonyl (C=O) groups is 1. The van der Waals surface area contributed by atoms with E-state index in [1.54, 1.807) is 0 Å². The highest BCUT2D eigenvalue weighted by Gasteiger charge is 2.21. The maximum absolute atomic E-state index is 11.7. The topological polar surface area (TPSA) is 84.6 Å². The van der Waals surface area contributed by atoms with E-state index in [4.69, 9.17) is 10.5 Å². The molecule has 0 spiro atoms. The first-order valence-electron chi connectivity index (χ1n) is 6.51. The lowest BCUT2D eigenvalue weighted by Crippen LogP contribution is -2.42. The van der Waals surface area contributed by atoms with Gasteiger partial charge in [0, 0.05) is 12.6 Å². The van der Waals surface area contributed by atoms with E-state index in [1.165, 1.54) is 0 Å². The Balaban J connectivity index is 4.35. The molecule has 5 heteroatoms. The number of nitrogens with one attached hydrogen (secondary N) is 1. The predicted octanol–water partition coefficient (Wildman–Crippen LogP) is 1.64. The number of hydrogen-bond acceptors (Lipinski definition) is 4. The molecule has 1 unspecified atom stereocenters. The number of nitrogens with two attached hydrogens (primary N) is 1. The van der Waals surface area contributed by atoms with Crippen molar-refractivity contribution in [2.75, 3.05) is 6.54 Å². The zero-order chi connectivity index (χ0) is 14.3. The average molecular weight is 260 g/mol. The average Bonchev–Trinajstić information content (AvgIpc) is 2.12. The van der Waals surface area contributed by atoms with E-state index in [0.717, 1.165) is 6.42 Å². The Morgan fingerprint density at radius 1 is 1.33 bits per heavy atom. The molecule has 1 amide bonds. The van der Waals surface area contributed by atoms with E-state index in [0.29, 0.717) is 12.3 Å². The monoisotopic (exact) mass is 260 g/mol. The fourth-order valence-corrected chi connectivity index (χ4v) is 1.68. The Morgan fingerprint density at radius 3 is 2.28 bits per heavy atom. The zero-order valence-corrected chi connectivity index (χ0v) is 12.2. The smallest absolute Gasteiger partial charge is 0.407 e. The van der Waals surface area contributed by atoms with Crippen LogP contribution in [0, 0.1) is 5.92 Å². The molecule has 0 aliphatic heterocycles. The summed E-state index contributed by atoms with van der Waals surface area (Å²) in [6.07, 6.45) is 0.200. The van der Waals surface area contributed by atoms with E-state index < -0.39 is 17.8 Å². The molecule has 0 aromatic rings. The zero-order valence-electron chi connectivity index (χ0n) is 12.2. The molecule has 0 aliphatic carbocycles. The van der Waals surface area contributed by atoms with Crippen molar-refractivity contribution in [1.82, 2.24) is 5.32 Å². The van der Waals surface area contributed by atoms with Crippen LogP contribution in [0.5, 0.6) is 0 Å². The van der Waals surface area contributed by atoms with Crippen molar-refractivity contribution in [3.8, 4) is 0 Å². The number of aliphatic hydroxyl groups is 1. The number of ether oxygens (including phenoxy) is 1. The minimum atomic E-state index is -0.594. The molecule has 0 rings (SSSR count). The Bertz CT molecular complexity index is 249. The largest absolute Gasteiger partial charge is 0.444 e. The summed E-state index contributed by atoms with van der Waals surface area (Å²) in [4.78, 5) is 11.7. The van der Waals surface area contributed by atoms with E-state index in [-0.39, 0.29) is 12.6 Å². The molecule has 0 aromatic carbocycles. The van der Waals surface area contributed by atoms with Gasteiger partial charge in [0.2, 0.25) is 0 Å². The highest BCUT2D eigenvalue weighted by molar-refractivity contribution is 5.68. The number of hydrogen-bond donors (Lipinski definition) is 3. The van der Waals surface area contributed by atoms with Crippen LogP contribution in [0.2, 0.25) is 0 Å². The molecule has 0 aromatic heterocycles. The number of carbonyl (C=O) groups excluding carboxylic acids is 1. The third-order valence-electron chi connectivity index (χ3n) is 2.31. The fourth-order valence-electron chi connectivity index (χ4n) is 1.68. The maximum Gasteiger partial charge on any atom is 0.407 e. The van der Waals surface area contributed by atoms with E-state index >= 15 is 0 Å². The molecule has 0 saturated heterocycles. The Kier molecular flexibility index (Phi) is 7.25. The first-order valence-corrected chi connectivity index (χ1v) is 6.51. The first kappa shape index (κ1) is 17.2. The SMILES string of the molecule is CC(C)C[C@@H](CC(O)CN)NC(=O)OC(C)(C)C. The summed E-state index contributed by atoms with van der Waals surface area (Å²) in [5, 5.41) is 12.4. The second-order valence-corrected chi connectivity index (χ2v) is 6.10. The molecule has 0 saturated carbocycles. The van der Waals surface area contributed by atoms with Crippen LogP contribution < -0.4 is 11.1 Å². The highest BCUT2D eigenvalue weighted by Crippen LogP contribution is 2.12. The van der Waals surface area contributed by atoms with Crippen LogP contribution in [-0.4, -0.2) is 35.5 Å². The van der Waals surface area contributed by atoms with Gasteiger partial charge in [-0.1, -0.05) is 13.8 Å². The van der Waals surface area contributed by atoms with E-state index in [9.17, 15) is 9.90 Å². The van der Waals surface area contributed by atoms with E-state index in [1.807, 2.05) is 20.8 Å². The van der Waals surface area contributed by atoms with Gasteiger partial charge in [0.15, 0.2) is 0 Å². The summed E-state index contributed by atoms with van der Waals surface area (Å²) in [5.74, 6) is 0.426. The van der Waals surface area contributed by atoms with Crippen molar-refractivity contribution in [3.05, 3.63) is 0 Å². The lowest BCUT2D eigenvalue weighted by Gasteiger charge is -2.25. The third kappa shape index (κ3) is 9.24.